The molecule has 1 aromatic carbocycles. The summed E-state index contributed by atoms with van der Waals surface area (Å²) in [5.41, 5.74) is 1.36. The van der Waals surface area contributed by atoms with Crippen molar-refractivity contribution in [1.82, 2.24) is 4.90 Å². The Bertz CT molecular complexity index is 773. The number of carboxylic acid groups (broad SMARTS) is 1. The number of furan rings is 1. The fourth-order valence-electron chi connectivity index (χ4n) is 2.43. The fourth-order valence-corrected chi connectivity index (χ4v) is 2.43. The number of carboxylic acids is 1. The van der Waals surface area contributed by atoms with Crippen LogP contribution in [0.3, 0.4) is 0 Å². The molecule has 2 aromatic rings. The van der Waals surface area contributed by atoms with E-state index in [-0.39, 0.29) is 36.5 Å². The van der Waals surface area contributed by atoms with Gasteiger partial charge in [-0.15, -0.1) is 0 Å². The summed E-state index contributed by atoms with van der Waals surface area (Å²) in [5, 5.41) is 8.83. The van der Waals surface area contributed by atoms with Crippen molar-refractivity contribution in [2.24, 2.45) is 0 Å². The van der Waals surface area contributed by atoms with E-state index in [9.17, 15) is 14.4 Å². The highest BCUT2D eigenvalue weighted by atomic mass is 16.4. The molecule has 0 atom stereocenters. The van der Waals surface area contributed by atoms with Gasteiger partial charge in [0, 0.05) is 23.7 Å². The Morgan fingerprint density at radius 3 is 2.24 bits per heavy atom. The molecule has 2 rings (SSSR count). The van der Waals surface area contributed by atoms with E-state index < -0.39 is 5.97 Å². The van der Waals surface area contributed by atoms with Crippen LogP contribution in [0, 0.1) is 0 Å². The number of hydrogen-bond donors (Lipinski definition) is 1. The zero-order valence-electron chi connectivity index (χ0n) is 14.5. The van der Waals surface area contributed by atoms with Crippen molar-refractivity contribution in [2.75, 3.05) is 6.54 Å². The van der Waals surface area contributed by atoms with Crippen molar-refractivity contribution >= 4 is 17.7 Å². The average Bonchev–Trinajstić information content (AvgIpc) is 3.04. The van der Waals surface area contributed by atoms with Gasteiger partial charge in [0.25, 0.3) is 5.91 Å². The van der Waals surface area contributed by atoms with Crippen LogP contribution in [0.5, 0.6) is 0 Å². The Labute approximate surface area is 146 Å². The summed E-state index contributed by atoms with van der Waals surface area (Å²) in [6.07, 6.45) is -0.121. The Hall–Kier alpha value is -2.89. The number of hydrogen-bond acceptors (Lipinski definition) is 4. The van der Waals surface area contributed by atoms with E-state index in [1.54, 1.807) is 36.4 Å². The zero-order valence-corrected chi connectivity index (χ0v) is 14.5. The molecule has 6 heteroatoms. The molecule has 0 fully saturated rings. The number of carbonyl (C=O) groups excluding carboxylic acids is 2. The van der Waals surface area contributed by atoms with E-state index in [4.69, 9.17) is 9.52 Å². The van der Waals surface area contributed by atoms with Crippen LogP contribution in [-0.4, -0.2) is 40.3 Å². The van der Waals surface area contributed by atoms with Gasteiger partial charge in [-0.3, -0.25) is 14.4 Å². The van der Waals surface area contributed by atoms with Crippen LogP contribution in [-0.2, 0) is 4.79 Å². The first kappa shape index (κ1) is 18.4. The quantitative estimate of drug-likeness (QED) is 0.778. The van der Waals surface area contributed by atoms with Gasteiger partial charge in [0.2, 0.25) is 0 Å². The first-order chi connectivity index (χ1) is 11.8. The molecule has 0 aliphatic rings. The molecule has 0 bridgehead atoms. The number of amides is 1. The van der Waals surface area contributed by atoms with Gasteiger partial charge in [-0.25, -0.2) is 0 Å². The predicted octanol–water partition coefficient (Wildman–Crippen LogP) is 3.47. The third-order valence-corrected chi connectivity index (χ3v) is 3.84. The molecule has 1 N–H and O–H groups in total. The number of nitrogens with zero attached hydrogens (tertiary/aromatic N) is 1. The summed E-state index contributed by atoms with van der Waals surface area (Å²) in [6, 6.07) is 10.0. The Morgan fingerprint density at radius 1 is 1.08 bits per heavy atom. The minimum absolute atomic E-state index is 0.0205. The highest BCUT2D eigenvalue weighted by Crippen LogP contribution is 2.24. The van der Waals surface area contributed by atoms with Gasteiger partial charge in [0.15, 0.2) is 11.5 Å². The van der Waals surface area contributed by atoms with Crippen molar-refractivity contribution in [2.45, 2.75) is 33.2 Å². The number of benzene rings is 1. The molecule has 132 valence electrons. The zero-order chi connectivity index (χ0) is 18.6. The smallest absolute Gasteiger partial charge is 0.305 e. The number of aliphatic carboxylic acids is 1. The van der Waals surface area contributed by atoms with Crippen LogP contribution < -0.4 is 0 Å². The van der Waals surface area contributed by atoms with E-state index in [0.29, 0.717) is 11.3 Å². The number of Topliss-reactive ketones (excluding diaryl/α,β-unsaturated/α-hetero) is 1. The van der Waals surface area contributed by atoms with Crippen molar-refractivity contribution in [3.05, 3.63) is 47.7 Å². The summed E-state index contributed by atoms with van der Waals surface area (Å²) >= 11 is 0. The second-order valence-corrected chi connectivity index (χ2v) is 6.03. The standard InChI is InChI=1S/C19H21NO5/c1-12(2)20(11-10-18(22)23)19(24)17-9-8-16(25-17)15-6-4-14(5-7-15)13(3)21/h4-9,12H,10-11H2,1-3H3,(H,22,23). The van der Waals surface area contributed by atoms with Crippen LogP contribution in [0.1, 0.15) is 48.1 Å². The first-order valence-electron chi connectivity index (χ1n) is 8.03. The van der Waals surface area contributed by atoms with Crippen LogP contribution in [0.4, 0.5) is 0 Å². The van der Waals surface area contributed by atoms with E-state index in [1.807, 2.05) is 13.8 Å². The number of carbonyl (C=O) groups is 3. The van der Waals surface area contributed by atoms with E-state index in [1.165, 1.54) is 11.8 Å². The van der Waals surface area contributed by atoms with Gasteiger partial charge in [-0.2, -0.15) is 0 Å². The Kier molecular flexibility index (Phi) is 5.75. The van der Waals surface area contributed by atoms with Gasteiger partial charge in [0.1, 0.15) is 5.76 Å². The van der Waals surface area contributed by atoms with Crippen molar-refractivity contribution in [3.8, 4) is 11.3 Å². The third-order valence-electron chi connectivity index (χ3n) is 3.84. The molecule has 0 aliphatic heterocycles. The maximum absolute atomic E-state index is 12.6. The highest BCUT2D eigenvalue weighted by Gasteiger charge is 2.22. The summed E-state index contributed by atoms with van der Waals surface area (Å²) < 4.78 is 5.65. The van der Waals surface area contributed by atoms with Crippen molar-refractivity contribution in [1.29, 1.82) is 0 Å². The lowest BCUT2D eigenvalue weighted by molar-refractivity contribution is -0.137. The fraction of sp³-hybridized carbons (Fsp3) is 0.316. The van der Waals surface area contributed by atoms with Crippen LogP contribution in [0.25, 0.3) is 11.3 Å². The molecule has 0 saturated carbocycles. The molecule has 1 heterocycles. The van der Waals surface area contributed by atoms with Crippen molar-refractivity contribution in [3.63, 3.8) is 0 Å². The van der Waals surface area contributed by atoms with Crippen LogP contribution in [0.15, 0.2) is 40.8 Å². The lowest BCUT2D eigenvalue weighted by Gasteiger charge is -2.25. The summed E-state index contributed by atoms with van der Waals surface area (Å²) in [4.78, 5) is 36.1. The van der Waals surface area contributed by atoms with Crippen LogP contribution in [0.2, 0.25) is 0 Å². The van der Waals surface area contributed by atoms with Gasteiger partial charge in [-0.05, 0) is 32.9 Å². The number of ketones is 1. The normalized spacial score (nSPS) is 10.7. The maximum Gasteiger partial charge on any atom is 0.305 e. The number of rotatable bonds is 7. The summed E-state index contributed by atoms with van der Waals surface area (Å²) in [7, 11) is 0. The molecule has 0 radical (unpaired) electrons. The van der Waals surface area contributed by atoms with E-state index >= 15 is 0 Å². The minimum Gasteiger partial charge on any atom is -0.481 e. The minimum atomic E-state index is -0.954. The molecule has 0 aliphatic carbocycles. The predicted molar refractivity (Wildman–Crippen MR) is 92.6 cm³/mol. The third kappa shape index (κ3) is 4.56. The molecular weight excluding hydrogens is 322 g/mol. The second kappa shape index (κ2) is 7.79. The van der Waals surface area contributed by atoms with Gasteiger partial charge in [-0.1, -0.05) is 24.3 Å². The SMILES string of the molecule is CC(=O)c1ccc(-c2ccc(C(=O)N(CCC(=O)O)C(C)C)o2)cc1. The Balaban J connectivity index is 2.19. The molecule has 0 spiro atoms. The second-order valence-electron chi connectivity index (χ2n) is 6.03. The topological polar surface area (TPSA) is 87.8 Å². The van der Waals surface area contributed by atoms with Gasteiger partial charge in [0.05, 0.1) is 6.42 Å². The molecule has 1 amide bonds. The first-order valence-corrected chi connectivity index (χ1v) is 8.03. The van der Waals surface area contributed by atoms with E-state index in [2.05, 4.69) is 0 Å². The van der Waals surface area contributed by atoms with E-state index in [0.717, 1.165) is 5.56 Å². The molecule has 1 aromatic heterocycles. The lowest BCUT2D eigenvalue weighted by atomic mass is 10.1. The van der Waals surface area contributed by atoms with Gasteiger partial charge >= 0.3 is 5.97 Å². The maximum atomic E-state index is 12.6. The van der Waals surface area contributed by atoms with Crippen LogP contribution >= 0.6 is 0 Å². The highest BCUT2D eigenvalue weighted by molar-refractivity contribution is 5.94. The van der Waals surface area contributed by atoms with Crippen molar-refractivity contribution < 1.29 is 23.9 Å². The summed E-state index contributed by atoms with van der Waals surface area (Å²) in [6.45, 7) is 5.26. The summed E-state index contributed by atoms with van der Waals surface area (Å²) in [5.74, 6) is -0.648. The molecule has 0 unspecified atom stereocenters. The monoisotopic (exact) mass is 343 g/mol. The average molecular weight is 343 g/mol. The molecular formula is C19H21NO5. The Morgan fingerprint density at radius 2 is 1.72 bits per heavy atom. The largest absolute Gasteiger partial charge is 0.481 e. The molecule has 6 nitrogen and oxygen atoms in total. The lowest BCUT2D eigenvalue weighted by Crippen LogP contribution is -2.38. The molecule has 0 saturated heterocycles. The molecule has 25 heavy (non-hydrogen) atoms. The van der Waals surface area contributed by atoms with Gasteiger partial charge < -0.3 is 14.4 Å².